The Morgan fingerprint density at radius 1 is 0.674 bits per heavy atom. The van der Waals surface area contributed by atoms with Gasteiger partial charge in [0.15, 0.2) is 5.52 Å². The molecule has 0 N–H and O–H groups in total. The van der Waals surface area contributed by atoms with Crippen LogP contribution in [0.3, 0.4) is 0 Å². The summed E-state index contributed by atoms with van der Waals surface area (Å²) < 4.78 is 19.0. The van der Waals surface area contributed by atoms with Crippen molar-refractivity contribution in [1.29, 1.82) is 0 Å². The SMILES string of the molecule is CCCCCCOc1cc(OCCCCCC)c(PC(=O)c2c(C)cc(C(C)(C)C)cc2C)c(OCCCCCC)c1.[H-].[Li+]. The molecule has 0 saturated carbocycles. The van der Waals surface area contributed by atoms with Gasteiger partial charge in [-0.2, -0.15) is 0 Å². The van der Waals surface area contributed by atoms with Crippen molar-refractivity contribution in [2.45, 2.75) is 138 Å². The van der Waals surface area contributed by atoms with Gasteiger partial charge in [-0.15, -0.1) is 0 Å². The Hall–Kier alpha value is -1.46. The van der Waals surface area contributed by atoms with Crippen LogP contribution in [-0.4, -0.2) is 25.3 Å². The first-order chi connectivity index (χ1) is 20.1. The van der Waals surface area contributed by atoms with Gasteiger partial charge < -0.3 is 15.6 Å². The van der Waals surface area contributed by atoms with E-state index >= 15 is 0 Å². The maximum Gasteiger partial charge on any atom is 1.00 e. The van der Waals surface area contributed by atoms with Crippen LogP contribution in [0.5, 0.6) is 17.2 Å². The molecule has 238 valence electrons. The number of carbonyl (C=O) groups excluding carboxylic acids is 1. The predicted molar refractivity (Wildman–Crippen MR) is 183 cm³/mol. The van der Waals surface area contributed by atoms with Crippen molar-refractivity contribution >= 4 is 19.4 Å². The summed E-state index contributed by atoms with van der Waals surface area (Å²) in [5, 5.41) is 0.864. The average molecular weight is 607 g/mol. The summed E-state index contributed by atoms with van der Waals surface area (Å²) >= 11 is 0. The van der Waals surface area contributed by atoms with E-state index in [9.17, 15) is 4.79 Å². The predicted octanol–water partition coefficient (Wildman–Crippen LogP) is 7.74. The van der Waals surface area contributed by atoms with Crippen LogP contribution in [0.1, 0.15) is 147 Å². The van der Waals surface area contributed by atoms with Crippen LogP contribution in [0.15, 0.2) is 24.3 Å². The number of aryl methyl sites for hydroxylation is 2. The van der Waals surface area contributed by atoms with E-state index in [-0.39, 0.29) is 39.8 Å². The first kappa shape index (κ1) is 39.6. The first-order valence-corrected chi connectivity index (χ1v) is 17.6. The normalized spacial score (nSPS) is 11.5. The van der Waals surface area contributed by atoms with Gasteiger partial charge >= 0.3 is 18.9 Å². The van der Waals surface area contributed by atoms with Crippen molar-refractivity contribution < 1.29 is 39.3 Å². The molecule has 0 fully saturated rings. The molecule has 2 rings (SSSR count). The van der Waals surface area contributed by atoms with Crippen LogP contribution >= 0.6 is 8.58 Å². The topological polar surface area (TPSA) is 44.8 Å². The van der Waals surface area contributed by atoms with Gasteiger partial charge in [0, 0.05) is 17.7 Å². The minimum Gasteiger partial charge on any atom is -1.00 e. The number of rotatable bonds is 21. The Bertz CT molecular complexity index is 1040. The fourth-order valence-electron chi connectivity index (χ4n) is 5.07. The van der Waals surface area contributed by atoms with Gasteiger partial charge in [0.25, 0.3) is 0 Å². The zero-order valence-electron chi connectivity index (χ0n) is 30.0. The van der Waals surface area contributed by atoms with Gasteiger partial charge in [0.1, 0.15) is 17.2 Å². The largest absolute Gasteiger partial charge is 1.00 e. The molecule has 0 radical (unpaired) electrons. The van der Waals surface area contributed by atoms with Crippen LogP contribution in [-0.2, 0) is 5.41 Å². The molecule has 0 aromatic heterocycles. The molecule has 0 amide bonds. The first-order valence-electron chi connectivity index (χ1n) is 16.6. The van der Waals surface area contributed by atoms with Crippen LogP contribution in [0.4, 0.5) is 0 Å². The number of carbonyl (C=O) groups is 1. The number of unbranched alkanes of at least 4 members (excludes halogenated alkanes) is 9. The Balaban J connectivity index is 0.00000924. The molecule has 0 saturated heterocycles. The summed E-state index contributed by atoms with van der Waals surface area (Å²) in [5.41, 5.74) is 4.31. The number of hydrogen-bond acceptors (Lipinski definition) is 4. The summed E-state index contributed by atoms with van der Waals surface area (Å²) in [6.07, 6.45) is 13.7. The number of benzene rings is 2. The van der Waals surface area contributed by atoms with E-state index in [1.807, 2.05) is 12.1 Å². The van der Waals surface area contributed by atoms with E-state index in [0.29, 0.717) is 19.8 Å². The molecule has 1 unspecified atom stereocenters. The van der Waals surface area contributed by atoms with E-state index in [0.717, 1.165) is 71.3 Å². The molecule has 0 aliphatic heterocycles. The summed E-state index contributed by atoms with van der Waals surface area (Å²) in [5.74, 6) is 2.23. The molecular weight excluding hydrogens is 546 g/mol. The van der Waals surface area contributed by atoms with Crippen molar-refractivity contribution in [3.63, 3.8) is 0 Å². The third-order valence-corrected chi connectivity index (χ3v) is 8.90. The van der Waals surface area contributed by atoms with Crippen molar-refractivity contribution in [1.82, 2.24) is 0 Å². The quantitative estimate of drug-likeness (QED) is 0.0829. The summed E-state index contributed by atoms with van der Waals surface area (Å²) in [6.45, 7) is 19.3. The van der Waals surface area contributed by atoms with Gasteiger partial charge in [-0.1, -0.05) is 111 Å². The molecule has 0 bridgehead atoms. The summed E-state index contributed by atoms with van der Waals surface area (Å²) in [4.78, 5) is 14.0. The molecule has 6 heteroatoms. The van der Waals surface area contributed by atoms with Crippen LogP contribution in [0, 0.1) is 13.8 Å². The van der Waals surface area contributed by atoms with Gasteiger partial charge in [-0.25, -0.2) is 0 Å². The van der Waals surface area contributed by atoms with Crippen molar-refractivity contribution in [2.24, 2.45) is 0 Å². The van der Waals surface area contributed by atoms with Gasteiger partial charge in [-0.05, 0) is 63.8 Å². The van der Waals surface area contributed by atoms with Crippen LogP contribution in [0.2, 0.25) is 0 Å². The van der Waals surface area contributed by atoms with E-state index in [2.05, 4.69) is 67.5 Å². The maximum absolute atomic E-state index is 14.0. The molecule has 2 aromatic carbocycles. The zero-order chi connectivity index (χ0) is 31.0. The molecule has 0 aliphatic rings. The molecule has 43 heavy (non-hydrogen) atoms. The van der Waals surface area contributed by atoms with Crippen LogP contribution in [0.25, 0.3) is 0 Å². The molecule has 1 atom stereocenters. The van der Waals surface area contributed by atoms with Crippen molar-refractivity contribution in [2.75, 3.05) is 19.8 Å². The molecule has 2 aromatic rings. The Morgan fingerprint density at radius 3 is 1.49 bits per heavy atom. The fourth-order valence-corrected chi connectivity index (χ4v) is 6.35. The second-order valence-electron chi connectivity index (χ2n) is 12.7. The van der Waals surface area contributed by atoms with Crippen molar-refractivity contribution in [3.8, 4) is 17.2 Å². The van der Waals surface area contributed by atoms with E-state index in [4.69, 9.17) is 14.2 Å². The van der Waals surface area contributed by atoms with Crippen LogP contribution < -0.4 is 38.4 Å². The third kappa shape index (κ3) is 14.0. The smallest absolute Gasteiger partial charge is 1.00 e. The molecule has 0 aliphatic carbocycles. The average Bonchev–Trinajstić information content (AvgIpc) is 2.93. The Labute approximate surface area is 279 Å². The monoisotopic (exact) mass is 606 g/mol. The third-order valence-electron chi connectivity index (χ3n) is 7.68. The Kier molecular flexibility index (Phi) is 19.6. The minimum absolute atomic E-state index is 0. The molecule has 0 heterocycles. The van der Waals surface area contributed by atoms with Crippen molar-refractivity contribution in [3.05, 3.63) is 46.5 Å². The second-order valence-corrected chi connectivity index (χ2v) is 13.9. The number of hydrogen-bond donors (Lipinski definition) is 0. The Morgan fingerprint density at radius 2 is 1.09 bits per heavy atom. The zero-order valence-corrected chi connectivity index (χ0v) is 30.0. The standard InChI is InChI=1S/C37H59O4P.Li.H/c1-9-12-15-18-21-39-31-26-32(40-22-19-16-13-10-2)35(33(27-31)41-23-20-17-14-11-3)42-36(38)34-28(4)24-30(25-29(34)5)37(6,7)8;;/h24-27,42H,9-23H2,1-8H3;;/q;+1;-1. The second kappa shape index (κ2) is 21.3. The molecular formula is C37H60LiO4P. The molecule has 4 nitrogen and oxygen atoms in total. The van der Waals surface area contributed by atoms with Gasteiger partial charge in [0.05, 0.1) is 25.1 Å². The van der Waals surface area contributed by atoms with E-state index in [1.54, 1.807) is 0 Å². The van der Waals surface area contributed by atoms with Gasteiger partial charge in [0.2, 0.25) is 0 Å². The fraction of sp³-hybridized carbons (Fsp3) is 0.649. The summed E-state index contributed by atoms with van der Waals surface area (Å²) in [7, 11) is -0.0918. The van der Waals surface area contributed by atoms with Gasteiger partial charge in [-0.3, -0.25) is 4.79 Å². The summed E-state index contributed by atoms with van der Waals surface area (Å²) in [6, 6.07) is 8.33. The van der Waals surface area contributed by atoms with E-state index < -0.39 is 0 Å². The maximum atomic E-state index is 14.0. The molecule has 0 spiro atoms. The number of ether oxygens (including phenoxy) is 3. The minimum atomic E-state index is -0.0918. The van der Waals surface area contributed by atoms with E-state index in [1.165, 1.54) is 50.5 Å².